The maximum atomic E-state index is 8.20. The third-order valence-corrected chi connectivity index (χ3v) is 5.22. The average molecular weight is 358 g/mol. The number of aromatic nitrogens is 1. The highest BCUT2D eigenvalue weighted by atomic mass is 16.3. The van der Waals surface area contributed by atoms with E-state index in [2.05, 4.69) is 0 Å². The summed E-state index contributed by atoms with van der Waals surface area (Å²) in [5, 5.41) is 3.26. The van der Waals surface area contributed by atoms with Crippen molar-refractivity contribution in [1.29, 1.82) is 0 Å². The van der Waals surface area contributed by atoms with Crippen LogP contribution in [0.3, 0.4) is 0 Å². The van der Waals surface area contributed by atoms with E-state index in [1.165, 1.54) is 0 Å². The molecule has 0 atom stereocenters. The fraction of sp³-hybridized carbons (Fsp3) is 0.160. The standard InChI is InChI=1S/C25H22NO/c1-15-9-11-19(16(2)13-15)24-25-22(17(3)14-26(24)4)23-20-8-6-5-7-18(20)10-12-21(23)27-25/h5-14H,1-4H3/q+1/i1D3,3D3. The molecule has 0 spiro atoms. The zero-order valence-electron chi connectivity index (χ0n) is 21.1. The summed E-state index contributed by atoms with van der Waals surface area (Å²) in [7, 11) is 1.78. The minimum absolute atomic E-state index is 0.218. The van der Waals surface area contributed by atoms with Gasteiger partial charge in [-0.05, 0) is 49.1 Å². The molecular weight excluding hydrogens is 330 g/mol. The maximum Gasteiger partial charge on any atom is 0.256 e. The van der Waals surface area contributed by atoms with Crippen LogP contribution in [-0.2, 0) is 7.05 Å². The molecule has 5 rings (SSSR count). The van der Waals surface area contributed by atoms with Gasteiger partial charge in [0.25, 0.3) is 5.69 Å². The Morgan fingerprint density at radius 3 is 2.63 bits per heavy atom. The number of hydrogen-bond donors (Lipinski definition) is 0. The average Bonchev–Trinajstić information content (AvgIpc) is 3.12. The maximum absolute atomic E-state index is 8.20. The van der Waals surface area contributed by atoms with Crippen molar-refractivity contribution in [2.75, 3.05) is 0 Å². The summed E-state index contributed by atoms with van der Waals surface area (Å²) >= 11 is 0. The molecular formula is C25H22NO+. The third kappa shape index (κ3) is 2.30. The van der Waals surface area contributed by atoms with Gasteiger partial charge in [0.05, 0.1) is 5.56 Å². The number of hydrogen-bond acceptors (Lipinski definition) is 1. The van der Waals surface area contributed by atoms with Gasteiger partial charge in [-0.25, -0.2) is 0 Å². The zero-order chi connectivity index (χ0) is 23.7. The molecule has 0 N–H and O–H groups in total. The molecule has 0 aliphatic rings. The van der Waals surface area contributed by atoms with Crippen molar-refractivity contribution in [2.24, 2.45) is 7.05 Å². The lowest BCUT2D eigenvalue weighted by atomic mass is 9.98. The second kappa shape index (κ2) is 5.68. The molecule has 0 amide bonds. The molecule has 0 bridgehead atoms. The number of benzene rings is 3. The van der Waals surface area contributed by atoms with Crippen molar-refractivity contribution < 1.29 is 17.2 Å². The van der Waals surface area contributed by atoms with Gasteiger partial charge < -0.3 is 4.42 Å². The van der Waals surface area contributed by atoms with E-state index in [4.69, 9.17) is 12.6 Å². The Morgan fingerprint density at radius 1 is 0.926 bits per heavy atom. The highest BCUT2D eigenvalue weighted by Gasteiger charge is 2.25. The molecule has 0 radical (unpaired) electrons. The summed E-state index contributed by atoms with van der Waals surface area (Å²) in [5.74, 6) is 0. The van der Waals surface area contributed by atoms with Gasteiger partial charge in [0.1, 0.15) is 12.6 Å². The summed E-state index contributed by atoms with van der Waals surface area (Å²) in [6, 6.07) is 16.7. The highest BCUT2D eigenvalue weighted by Crippen LogP contribution is 2.39. The Morgan fingerprint density at radius 2 is 1.81 bits per heavy atom. The molecule has 0 saturated carbocycles. The monoisotopic (exact) mass is 358 g/mol. The zero-order valence-corrected chi connectivity index (χ0v) is 15.1. The van der Waals surface area contributed by atoms with Crippen LogP contribution in [0.4, 0.5) is 0 Å². The van der Waals surface area contributed by atoms with Crippen molar-refractivity contribution in [3.8, 4) is 11.3 Å². The van der Waals surface area contributed by atoms with Gasteiger partial charge in [0.15, 0.2) is 6.20 Å². The van der Waals surface area contributed by atoms with Gasteiger partial charge >= 0.3 is 0 Å². The van der Waals surface area contributed by atoms with Crippen LogP contribution in [0.5, 0.6) is 0 Å². The van der Waals surface area contributed by atoms with Crippen LogP contribution in [-0.4, -0.2) is 0 Å². The number of pyridine rings is 1. The molecule has 132 valence electrons. The van der Waals surface area contributed by atoms with E-state index >= 15 is 0 Å². The van der Waals surface area contributed by atoms with Crippen molar-refractivity contribution in [3.63, 3.8) is 0 Å². The topological polar surface area (TPSA) is 17.0 Å². The van der Waals surface area contributed by atoms with Crippen LogP contribution >= 0.6 is 0 Å². The van der Waals surface area contributed by atoms with Crippen LogP contribution in [0.15, 0.2) is 65.2 Å². The van der Waals surface area contributed by atoms with Crippen LogP contribution < -0.4 is 4.57 Å². The first-order chi connectivity index (χ1) is 15.5. The lowest BCUT2D eigenvalue weighted by Gasteiger charge is -2.07. The van der Waals surface area contributed by atoms with E-state index in [1.807, 2.05) is 43.3 Å². The first-order valence-electron chi connectivity index (χ1n) is 11.9. The molecule has 5 aromatic rings. The smallest absolute Gasteiger partial charge is 0.256 e. The summed E-state index contributed by atoms with van der Waals surface area (Å²) < 4.78 is 55.8. The third-order valence-electron chi connectivity index (χ3n) is 5.22. The van der Waals surface area contributed by atoms with Crippen LogP contribution in [0.1, 0.15) is 24.9 Å². The predicted octanol–water partition coefficient (Wildman–Crippen LogP) is 6.16. The van der Waals surface area contributed by atoms with Crippen molar-refractivity contribution in [1.82, 2.24) is 0 Å². The van der Waals surface area contributed by atoms with Crippen molar-refractivity contribution >= 4 is 32.7 Å². The molecule has 2 nitrogen and oxygen atoms in total. The Bertz CT molecular complexity index is 1560. The Kier molecular flexibility index (Phi) is 2.29. The Hall–Kier alpha value is -3.13. The number of rotatable bonds is 1. The van der Waals surface area contributed by atoms with E-state index in [0.29, 0.717) is 22.2 Å². The van der Waals surface area contributed by atoms with E-state index in [1.54, 1.807) is 36.0 Å². The fourth-order valence-electron chi connectivity index (χ4n) is 4.02. The molecule has 2 aromatic heterocycles. The second-order valence-electron chi connectivity index (χ2n) is 7.00. The number of fused-ring (bicyclic) bond motifs is 5. The quantitative estimate of drug-likeness (QED) is 0.328. The largest absolute Gasteiger partial charge is 0.449 e. The molecule has 0 aliphatic carbocycles. The van der Waals surface area contributed by atoms with Crippen LogP contribution in [0.25, 0.3) is 44.0 Å². The van der Waals surface area contributed by atoms with Gasteiger partial charge in [-0.3, -0.25) is 0 Å². The van der Waals surface area contributed by atoms with E-state index in [0.717, 1.165) is 27.3 Å². The Labute approximate surface area is 167 Å². The van der Waals surface area contributed by atoms with E-state index in [-0.39, 0.29) is 11.1 Å². The minimum Gasteiger partial charge on any atom is -0.449 e. The summed E-state index contributed by atoms with van der Waals surface area (Å²) in [6.07, 6.45) is 1.64. The van der Waals surface area contributed by atoms with Gasteiger partial charge in [0, 0.05) is 24.6 Å². The lowest BCUT2D eigenvalue weighted by Crippen LogP contribution is -2.31. The molecule has 0 unspecified atom stereocenters. The number of furan rings is 1. The molecule has 2 heterocycles. The number of nitrogens with zero attached hydrogens (tertiary/aromatic N) is 1. The fourth-order valence-corrected chi connectivity index (χ4v) is 4.02. The summed E-state index contributed by atoms with van der Waals surface area (Å²) in [5.41, 5.74) is 3.82. The minimum atomic E-state index is -2.34. The SMILES string of the molecule is [2H]C([2H])([2H])c1ccc(-c2c3oc4ccc5ccccc5c4c3c(C([2H])([2H])[2H])c[n+]2C)c(C)c1. The summed E-state index contributed by atoms with van der Waals surface area (Å²) in [4.78, 5) is 0. The van der Waals surface area contributed by atoms with Gasteiger partial charge in [0.2, 0.25) is 5.58 Å². The van der Waals surface area contributed by atoms with Gasteiger partial charge in [-0.15, -0.1) is 0 Å². The Balaban J connectivity index is 1.95. The van der Waals surface area contributed by atoms with Gasteiger partial charge in [-0.2, -0.15) is 4.57 Å². The molecule has 2 heteroatoms. The first-order valence-corrected chi connectivity index (χ1v) is 8.85. The normalized spacial score (nSPS) is 15.9. The molecule has 0 fully saturated rings. The predicted molar refractivity (Wildman–Crippen MR) is 112 cm³/mol. The highest BCUT2D eigenvalue weighted by molar-refractivity contribution is 6.21. The molecule has 0 aliphatic heterocycles. The summed E-state index contributed by atoms with van der Waals surface area (Å²) in [6.45, 7) is -2.70. The lowest BCUT2D eigenvalue weighted by molar-refractivity contribution is -0.659. The second-order valence-corrected chi connectivity index (χ2v) is 7.00. The van der Waals surface area contributed by atoms with E-state index in [9.17, 15) is 0 Å². The van der Waals surface area contributed by atoms with Gasteiger partial charge in [-0.1, -0.05) is 48.0 Å². The molecule has 0 saturated heterocycles. The van der Waals surface area contributed by atoms with Crippen LogP contribution in [0.2, 0.25) is 0 Å². The number of aryl methyl sites for hydroxylation is 4. The molecule has 27 heavy (non-hydrogen) atoms. The van der Waals surface area contributed by atoms with Crippen molar-refractivity contribution in [3.05, 3.63) is 77.5 Å². The van der Waals surface area contributed by atoms with E-state index < -0.39 is 13.7 Å². The molecule has 3 aromatic carbocycles. The van der Waals surface area contributed by atoms with Crippen molar-refractivity contribution in [2.45, 2.75) is 20.6 Å². The first kappa shape index (κ1) is 10.9. The van der Waals surface area contributed by atoms with Crippen LogP contribution in [0, 0.1) is 20.6 Å².